The largest absolute Gasteiger partial charge is 0.371 e. The summed E-state index contributed by atoms with van der Waals surface area (Å²) in [5.74, 6) is 0. The fourth-order valence-corrected chi connectivity index (χ4v) is 4.16. The van der Waals surface area contributed by atoms with Crippen LogP contribution < -0.4 is 4.90 Å². The van der Waals surface area contributed by atoms with Crippen LogP contribution in [0.15, 0.2) is 29.9 Å². The molecule has 0 bridgehead atoms. The molecule has 0 aliphatic carbocycles. The lowest BCUT2D eigenvalue weighted by atomic mass is 9.96. The van der Waals surface area contributed by atoms with E-state index in [1.165, 1.54) is 0 Å². The number of anilines is 1. The highest BCUT2D eigenvalue weighted by Crippen LogP contribution is 2.38. The Labute approximate surface area is 140 Å². The van der Waals surface area contributed by atoms with Crippen LogP contribution in [0.1, 0.15) is 18.5 Å². The fourth-order valence-electron chi connectivity index (χ4n) is 3.58. The third kappa shape index (κ3) is 3.08. The van der Waals surface area contributed by atoms with Gasteiger partial charge < -0.3 is 9.64 Å². The molecule has 122 valence electrons. The Morgan fingerprint density at radius 1 is 1.48 bits per heavy atom. The lowest BCUT2D eigenvalue weighted by Gasteiger charge is -2.25. The van der Waals surface area contributed by atoms with Crippen molar-refractivity contribution in [2.75, 3.05) is 31.6 Å². The van der Waals surface area contributed by atoms with Gasteiger partial charge in [0.15, 0.2) is 0 Å². The van der Waals surface area contributed by atoms with Gasteiger partial charge in [0, 0.05) is 31.9 Å². The molecule has 7 heteroatoms. The minimum absolute atomic E-state index is 0.0191. The highest BCUT2D eigenvalue weighted by atomic mass is 32.1. The average Bonchev–Trinajstić information content (AvgIpc) is 3.30. The standard InChI is InChI=1S/C16H21N5OS/c1-20(9-13-4-2-3-6-17-13)14-8-16(22-10-14)5-7-21(11-16)15-19-18-12-23-15/h2-4,6,12,14H,5,7-11H2,1H3/t14-,16-/m0/s1. The second kappa shape index (κ2) is 6.14. The van der Waals surface area contributed by atoms with E-state index in [0.29, 0.717) is 6.04 Å². The van der Waals surface area contributed by atoms with E-state index in [-0.39, 0.29) is 5.60 Å². The predicted molar refractivity (Wildman–Crippen MR) is 89.5 cm³/mol. The average molecular weight is 331 g/mol. The number of aromatic nitrogens is 3. The van der Waals surface area contributed by atoms with Crippen molar-refractivity contribution in [2.45, 2.75) is 31.0 Å². The SMILES string of the molecule is CN(Cc1ccccn1)[C@@H]1CO[C@@]2(CCN(c3nncs3)C2)C1. The monoisotopic (exact) mass is 331 g/mol. The molecule has 0 saturated carbocycles. The zero-order chi connectivity index (χ0) is 15.7. The van der Waals surface area contributed by atoms with Gasteiger partial charge in [-0.1, -0.05) is 17.4 Å². The first kappa shape index (κ1) is 15.0. The molecule has 0 aromatic carbocycles. The molecule has 23 heavy (non-hydrogen) atoms. The van der Waals surface area contributed by atoms with Gasteiger partial charge in [-0.3, -0.25) is 9.88 Å². The maximum atomic E-state index is 6.25. The summed E-state index contributed by atoms with van der Waals surface area (Å²) in [6, 6.07) is 6.53. The highest BCUT2D eigenvalue weighted by Gasteiger charge is 2.47. The third-order valence-electron chi connectivity index (χ3n) is 4.89. The van der Waals surface area contributed by atoms with Gasteiger partial charge >= 0.3 is 0 Å². The lowest BCUT2D eigenvalue weighted by molar-refractivity contribution is 0.0206. The van der Waals surface area contributed by atoms with Gasteiger partial charge in [0.1, 0.15) is 5.51 Å². The molecule has 6 nitrogen and oxygen atoms in total. The van der Waals surface area contributed by atoms with E-state index in [1.807, 2.05) is 18.3 Å². The van der Waals surface area contributed by atoms with Gasteiger partial charge in [0.05, 0.1) is 17.9 Å². The summed E-state index contributed by atoms with van der Waals surface area (Å²) in [4.78, 5) is 9.09. The summed E-state index contributed by atoms with van der Waals surface area (Å²) in [6.45, 7) is 3.60. The van der Waals surface area contributed by atoms with Crippen molar-refractivity contribution in [3.05, 3.63) is 35.6 Å². The first-order valence-corrected chi connectivity index (χ1v) is 8.87. The number of pyridine rings is 1. The third-order valence-corrected chi connectivity index (χ3v) is 5.64. The zero-order valence-corrected chi connectivity index (χ0v) is 14.1. The normalized spacial score (nSPS) is 27.4. The molecule has 2 saturated heterocycles. The Hall–Kier alpha value is -1.57. The Balaban J connectivity index is 1.37. The van der Waals surface area contributed by atoms with Crippen LogP contribution in [0.4, 0.5) is 5.13 Å². The topological polar surface area (TPSA) is 54.4 Å². The quantitative estimate of drug-likeness (QED) is 0.852. The molecule has 2 aromatic rings. The number of nitrogens with zero attached hydrogens (tertiary/aromatic N) is 5. The van der Waals surface area contributed by atoms with Gasteiger partial charge in [-0.15, -0.1) is 10.2 Å². The van der Waals surface area contributed by atoms with Gasteiger partial charge in [-0.25, -0.2) is 0 Å². The van der Waals surface area contributed by atoms with E-state index in [1.54, 1.807) is 16.8 Å². The summed E-state index contributed by atoms with van der Waals surface area (Å²) in [5, 5.41) is 9.14. The van der Waals surface area contributed by atoms with Gasteiger partial charge in [0.25, 0.3) is 0 Å². The van der Waals surface area contributed by atoms with Crippen molar-refractivity contribution in [1.82, 2.24) is 20.1 Å². The van der Waals surface area contributed by atoms with Crippen LogP contribution in [0.5, 0.6) is 0 Å². The molecular weight excluding hydrogens is 310 g/mol. The van der Waals surface area contributed by atoms with E-state index in [9.17, 15) is 0 Å². The smallest absolute Gasteiger partial charge is 0.208 e. The molecule has 0 amide bonds. The molecule has 0 radical (unpaired) electrons. The van der Waals surface area contributed by atoms with Crippen molar-refractivity contribution >= 4 is 16.5 Å². The molecule has 2 aromatic heterocycles. The van der Waals surface area contributed by atoms with Crippen LogP contribution in [0.25, 0.3) is 0 Å². The van der Waals surface area contributed by atoms with Crippen molar-refractivity contribution in [1.29, 1.82) is 0 Å². The molecule has 2 atom stereocenters. The minimum atomic E-state index is -0.0191. The maximum Gasteiger partial charge on any atom is 0.208 e. The number of hydrogen-bond acceptors (Lipinski definition) is 7. The van der Waals surface area contributed by atoms with E-state index < -0.39 is 0 Å². The molecule has 0 unspecified atom stereocenters. The number of ether oxygens (including phenoxy) is 1. The second-order valence-corrected chi connectivity index (χ2v) is 7.29. The van der Waals surface area contributed by atoms with Crippen LogP contribution in [-0.4, -0.2) is 58.5 Å². The number of rotatable bonds is 4. The highest BCUT2D eigenvalue weighted by molar-refractivity contribution is 7.13. The minimum Gasteiger partial charge on any atom is -0.371 e. The van der Waals surface area contributed by atoms with Crippen molar-refractivity contribution in [3.8, 4) is 0 Å². The molecule has 4 rings (SSSR count). The van der Waals surface area contributed by atoms with Crippen molar-refractivity contribution in [3.63, 3.8) is 0 Å². The second-order valence-electron chi connectivity index (χ2n) is 6.48. The summed E-state index contributed by atoms with van der Waals surface area (Å²) in [7, 11) is 2.17. The van der Waals surface area contributed by atoms with Gasteiger partial charge in [-0.2, -0.15) is 0 Å². The molecule has 4 heterocycles. The predicted octanol–water partition coefficient (Wildman–Crippen LogP) is 1.80. The van der Waals surface area contributed by atoms with Crippen LogP contribution in [0.2, 0.25) is 0 Å². The van der Waals surface area contributed by atoms with Crippen LogP contribution in [0, 0.1) is 0 Å². The van der Waals surface area contributed by atoms with Crippen LogP contribution >= 0.6 is 11.3 Å². The van der Waals surface area contributed by atoms with E-state index >= 15 is 0 Å². The zero-order valence-electron chi connectivity index (χ0n) is 13.3. The summed E-state index contributed by atoms with van der Waals surface area (Å²) in [6.07, 6.45) is 4.00. The van der Waals surface area contributed by atoms with Gasteiger partial charge in [-0.05, 0) is 32.0 Å². The first-order chi connectivity index (χ1) is 11.2. The maximum absolute atomic E-state index is 6.25. The fraction of sp³-hybridized carbons (Fsp3) is 0.562. The van der Waals surface area contributed by atoms with Crippen LogP contribution in [-0.2, 0) is 11.3 Å². The van der Waals surface area contributed by atoms with E-state index in [4.69, 9.17) is 4.74 Å². The Kier molecular flexibility index (Phi) is 4.00. The van der Waals surface area contributed by atoms with E-state index in [0.717, 1.165) is 49.9 Å². The molecule has 1 spiro atoms. The Bertz CT molecular complexity index is 637. The Morgan fingerprint density at radius 3 is 3.22 bits per heavy atom. The molecule has 2 aliphatic rings. The van der Waals surface area contributed by atoms with Crippen LogP contribution in [0.3, 0.4) is 0 Å². The lowest BCUT2D eigenvalue weighted by Crippen LogP contribution is -2.36. The van der Waals surface area contributed by atoms with Crippen molar-refractivity contribution < 1.29 is 4.74 Å². The molecule has 2 aliphatic heterocycles. The Morgan fingerprint density at radius 2 is 2.43 bits per heavy atom. The molecular formula is C16H21N5OS. The van der Waals surface area contributed by atoms with Crippen molar-refractivity contribution in [2.24, 2.45) is 0 Å². The summed E-state index contributed by atoms with van der Waals surface area (Å²) >= 11 is 1.60. The summed E-state index contributed by atoms with van der Waals surface area (Å²) in [5.41, 5.74) is 2.88. The van der Waals surface area contributed by atoms with Gasteiger partial charge in [0.2, 0.25) is 5.13 Å². The van der Waals surface area contributed by atoms with E-state index in [2.05, 4.69) is 38.1 Å². The number of hydrogen-bond donors (Lipinski definition) is 0. The summed E-state index contributed by atoms with van der Waals surface area (Å²) < 4.78 is 6.25. The number of likely N-dealkylation sites (N-methyl/N-ethyl adjacent to an activating group) is 1. The molecule has 2 fully saturated rings. The molecule has 0 N–H and O–H groups in total. The first-order valence-electron chi connectivity index (χ1n) is 7.99.